The second-order valence-corrected chi connectivity index (χ2v) is 8.36. The summed E-state index contributed by atoms with van der Waals surface area (Å²) < 4.78 is 7.95. The first kappa shape index (κ1) is 19.5. The van der Waals surface area contributed by atoms with Gasteiger partial charge in [-0.1, -0.05) is 36.4 Å². The van der Waals surface area contributed by atoms with Gasteiger partial charge in [0.15, 0.2) is 5.16 Å². The van der Waals surface area contributed by atoms with E-state index < -0.39 is 0 Å². The highest BCUT2D eigenvalue weighted by Gasteiger charge is 2.21. The topological polar surface area (TPSA) is 69.0 Å². The van der Waals surface area contributed by atoms with Crippen LogP contribution in [0.2, 0.25) is 0 Å². The van der Waals surface area contributed by atoms with Crippen LogP contribution < -0.4 is 10.1 Å². The highest BCUT2D eigenvalue weighted by atomic mass is 32.2. The van der Waals surface area contributed by atoms with E-state index in [0.29, 0.717) is 0 Å². The highest BCUT2D eigenvalue weighted by molar-refractivity contribution is 8.00. The van der Waals surface area contributed by atoms with E-state index in [1.54, 1.807) is 0 Å². The Labute approximate surface area is 174 Å². The Kier molecular flexibility index (Phi) is 6.14. The maximum Gasteiger partial charge on any atom is 0.237 e. The van der Waals surface area contributed by atoms with Crippen LogP contribution in [0, 0.1) is 0 Å². The predicted molar refractivity (Wildman–Crippen MR) is 114 cm³/mol. The van der Waals surface area contributed by atoms with Gasteiger partial charge in [-0.05, 0) is 56.2 Å². The molecule has 6 nitrogen and oxygen atoms in total. The molecule has 150 valence electrons. The van der Waals surface area contributed by atoms with Crippen molar-refractivity contribution >= 4 is 23.4 Å². The maximum atomic E-state index is 12.6. The molecule has 4 rings (SSSR count). The van der Waals surface area contributed by atoms with Gasteiger partial charge in [0.1, 0.15) is 17.3 Å². The highest BCUT2D eigenvalue weighted by Crippen LogP contribution is 2.27. The van der Waals surface area contributed by atoms with E-state index >= 15 is 0 Å². The largest absolute Gasteiger partial charge is 0.457 e. The third-order valence-corrected chi connectivity index (χ3v) is 5.91. The second-order valence-electron chi connectivity index (χ2n) is 7.05. The zero-order valence-corrected chi connectivity index (χ0v) is 17.2. The lowest BCUT2D eigenvalue weighted by molar-refractivity contribution is -0.115. The van der Waals surface area contributed by atoms with Gasteiger partial charge in [-0.3, -0.25) is 4.79 Å². The van der Waals surface area contributed by atoms with Gasteiger partial charge < -0.3 is 14.6 Å². The van der Waals surface area contributed by atoms with E-state index in [1.807, 2.05) is 61.5 Å². The van der Waals surface area contributed by atoms with Crippen molar-refractivity contribution in [2.45, 2.75) is 49.6 Å². The zero-order chi connectivity index (χ0) is 20.1. The molecule has 1 N–H and O–H groups in total. The number of hydrogen-bond acceptors (Lipinski definition) is 5. The summed E-state index contributed by atoms with van der Waals surface area (Å²) in [4.78, 5) is 12.6. The van der Waals surface area contributed by atoms with Gasteiger partial charge in [-0.2, -0.15) is 0 Å². The lowest BCUT2D eigenvalue weighted by Crippen LogP contribution is -2.23. The lowest BCUT2D eigenvalue weighted by Gasteiger charge is -2.13. The van der Waals surface area contributed by atoms with Crippen LogP contribution >= 0.6 is 11.8 Å². The summed E-state index contributed by atoms with van der Waals surface area (Å²) in [6.07, 6.45) is 4.47. The van der Waals surface area contributed by atoms with Gasteiger partial charge >= 0.3 is 0 Å². The summed E-state index contributed by atoms with van der Waals surface area (Å²) in [7, 11) is 0. The van der Waals surface area contributed by atoms with Gasteiger partial charge in [-0.25, -0.2) is 0 Å². The molecule has 1 aliphatic heterocycles. The van der Waals surface area contributed by atoms with E-state index in [1.165, 1.54) is 18.2 Å². The maximum absolute atomic E-state index is 12.6. The zero-order valence-electron chi connectivity index (χ0n) is 16.4. The van der Waals surface area contributed by atoms with Crippen LogP contribution in [-0.2, 0) is 17.8 Å². The second kappa shape index (κ2) is 9.13. The van der Waals surface area contributed by atoms with Crippen LogP contribution in [0.25, 0.3) is 0 Å². The number of hydrogen-bond donors (Lipinski definition) is 1. The number of amides is 1. The Morgan fingerprint density at radius 2 is 1.79 bits per heavy atom. The Balaban J connectivity index is 1.35. The molecule has 1 unspecified atom stereocenters. The summed E-state index contributed by atoms with van der Waals surface area (Å²) in [5.74, 6) is 2.48. The van der Waals surface area contributed by atoms with E-state index in [4.69, 9.17) is 4.74 Å². The number of carbonyl (C=O) groups excluding carboxylic acids is 1. The number of carbonyl (C=O) groups is 1. The van der Waals surface area contributed by atoms with E-state index in [-0.39, 0.29) is 11.2 Å². The van der Waals surface area contributed by atoms with Gasteiger partial charge in [0.2, 0.25) is 5.91 Å². The van der Waals surface area contributed by atoms with Crippen molar-refractivity contribution in [3.05, 3.63) is 60.4 Å². The van der Waals surface area contributed by atoms with Crippen molar-refractivity contribution in [1.82, 2.24) is 14.8 Å². The average molecular weight is 409 g/mol. The molecule has 3 aromatic rings. The molecular formula is C22H24N4O2S. The first-order chi connectivity index (χ1) is 14.2. The number of para-hydroxylation sites is 1. The van der Waals surface area contributed by atoms with Crippen molar-refractivity contribution < 1.29 is 9.53 Å². The fourth-order valence-electron chi connectivity index (χ4n) is 3.23. The third-order valence-electron chi connectivity index (χ3n) is 4.83. The van der Waals surface area contributed by atoms with E-state index in [9.17, 15) is 4.79 Å². The van der Waals surface area contributed by atoms with Gasteiger partial charge in [-0.15, -0.1) is 10.2 Å². The van der Waals surface area contributed by atoms with Crippen LogP contribution in [0.15, 0.2) is 59.8 Å². The number of thioether (sulfide) groups is 1. The number of aryl methyl sites for hydroxylation is 1. The predicted octanol–water partition coefficient (Wildman–Crippen LogP) is 4.92. The molecule has 2 aromatic carbocycles. The molecule has 0 bridgehead atoms. The monoisotopic (exact) mass is 408 g/mol. The molecule has 0 radical (unpaired) electrons. The normalized spacial score (nSPS) is 14.5. The number of rotatable bonds is 6. The first-order valence-electron chi connectivity index (χ1n) is 9.91. The molecule has 7 heteroatoms. The van der Waals surface area contributed by atoms with Gasteiger partial charge in [0.05, 0.1) is 5.25 Å². The lowest BCUT2D eigenvalue weighted by atomic mass is 10.2. The molecular weight excluding hydrogens is 384 g/mol. The molecule has 0 saturated heterocycles. The van der Waals surface area contributed by atoms with E-state index in [0.717, 1.165) is 54.0 Å². The fraction of sp³-hybridized carbons (Fsp3) is 0.318. The smallest absolute Gasteiger partial charge is 0.237 e. The quantitative estimate of drug-likeness (QED) is 0.587. The molecule has 1 amide bonds. The fourth-order valence-corrected chi connectivity index (χ4v) is 4.13. The summed E-state index contributed by atoms with van der Waals surface area (Å²) in [6, 6.07) is 17.0. The van der Waals surface area contributed by atoms with Gasteiger partial charge in [0, 0.05) is 18.7 Å². The number of nitrogens with one attached hydrogen (secondary N) is 1. The molecule has 0 saturated carbocycles. The molecule has 1 aromatic heterocycles. The molecule has 2 heterocycles. The number of ether oxygens (including phenoxy) is 1. The van der Waals surface area contributed by atoms with Crippen LogP contribution in [-0.4, -0.2) is 25.9 Å². The van der Waals surface area contributed by atoms with Crippen LogP contribution in [0.5, 0.6) is 11.5 Å². The van der Waals surface area contributed by atoms with Crippen LogP contribution in [0.4, 0.5) is 5.69 Å². The Morgan fingerprint density at radius 3 is 2.59 bits per heavy atom. The number of aromatic nitrogens is 3. The summed E-state index contributed by atoms with van der Waals surface area (Å²) in [6.45, 7) is 2.83. The molecule has 0 fully saturated rings. The third kappa shape index (κ3) is 4.98. The Morgan fingerprint density at radius 1 is 1.03 bits per heavy atom. The molecule has 29 heavy (non-hydrogen) atoms. The van der Waals surface area contributed by atoms with Crippen molar-refractivity contribution in [2.24, 2.45) is 0 Å². The van der Waals surface area contributed by atoms with Crippen molar-refractivity contribution in [2.75, 3.05) is 5.32 Å². The van der Waals surface area contributed by atoms with Crippen molar-refractivity contribution in [3.63, 3.8) is 0 Å². The molecule has 0 aliphatic carbocycles. The van der Waals surface area contributed by atoms with E-state index in [2.05, 4.69) is 20.1 Å². The summed E-state index contributed by atoms with van der Waals surface area (Å²) in [5, 5.41) is 12.1. The summed E-state index contributed by atoms with van der Waals surface area (Å²) in [5.41, 5.74) is 0.739. The average Bonchev–Trinajstić information content (AvgIpc) is 2.96. The number of benzene rings is 2. The van der Waals surface area contributed by atoms with Gasteiger partial charge in [0.25, 0.3) is 0 Å². The Bertz CT molecular complexity index is 957. The standard InChI is InChI=1S/C22H24N4O2S/c1-16(29-22-25-24-20-10-6-3-7-15-26(20)22)21(27)23-17-11-13-19(14-12-17)28-18-8-4-2-5-9-18/h2,4-5,8-9,11-14,16H,3,6-7,10,15H2,1H3,(H,23,27). The molecule has 0 spiro atoms. The molecule has 1 aliphatic rings. The minimum Gasteiger partial charge on any atom is -0.457 e. The number of nitrogens with zero attached hydrogens (tertiary/aromatic N) is 3. The van der Waals surface area contributed by atoms with Crippen molar-refractivity contribution in [3.8, 4) is 11.5 Å². The van der Waals surface area contributed by atoms with Crippen LogP contribution in [0.1, 0.15) is 32.0 Å². The minimum atomic E-state index is -0.271. The van der Waals surface area contributed by atoms with Crippen LogP contribution in [0.3, 0.4) is 0 Å². The molecule has 1 atom stereocenters. The Hall–Kier alpha value is -2.80. The number of fused-ring (bicyclic) bond motifs is 1. The summed E-state index contributed by atoms with van der Waals surface area (Å²) >= 11 is 1.46. The first-order valence-corrected chi connectivity index (χ1v) is 10.8. The number of anilines is 1. The SMILES string of the molecule is CC(Sc1nnc2n1CCCCC2)C(=O)Nc1ccc(Oc2ccccc2)cc1. The van der Waals surface area contributed by atoms with Crippen molar-refractivity contribution in [1.29, 1.82) is 0 Å². The minimum absolute atomic E-state index is 0.0577.